The minimum atomic E-state index is -2.68. The smallest absolute Gasteiger partial charge is 0.342 e. The minimum Gasteiger partial charge on any atom is -0.511 e. The number of hydrogen-bond acceptors (Lipinski definition) is 10. The van der Waals surface area contributed by atoms with E-state index in [1.54, 1.807) is 25.1 Å². The summed E-state index contributed by atoms with van der Waals surface area (Å²) >= 11 is 0. The maximum atomic E-state index is 13.7. The molecule has 0 bridgehead atoms. The molecule has 3 aliphatic carbocycles. The van der Waals surface area contributed by atoms with Gasteiger partial charge in [-0.15, -0.1) is 0 Å². The van der Waals surface area contributed by atoms with E-state index >= 15 is 0 Å². The number of nitrogens with zero attached hydrogens (tertiary/aromatic N) is 2. The van der Waals surface area contributed by atoms with Crippen LogP contribution >= 0.6 is 0 Å². The molecular weight excluding hydrogens is 460 g/mol. The number of fused-ring (bicyclic) bond motifs is 3. The van der Waals surface area contributed by atoms with E-state index in [2.05, 4.69) is 5.16 Å². The standard InChI is InChI=1S/C24H22N2O9/c1-26(2)14-6-12(10-7-25-35-8-10)19(28)17-13(14)4-9-3-11-5-15(27)18(23(32)33)22(31)24(11,34)21(30)16(9)20(17)29/h6-9,11,27-28,30,34H,3-5H2,1-2H3,(H,32,33)/t9-,11+,24+/m1/s1. The molecule has 0 radical (unpaired) electrons. The minimum absolute atomic E-state index is 0.0325. The van der Waals surface area contributed by atoms with Crippen molar-refractivity contribution in [3.05, 3.63) is 52.3 Å². The summed E-state index contributed by atoms with van der Waals surface area (Å²) in [4.78, 5) is 40.0. The second kappa shape index (κ2) is 7.44. The van der Waals surface area contributed by atoms with Crippen molar-refractivity contribution in [2.75, 3.05) is 19.0 Å². The number of aromatic hydroxyl groups is 1. The number of carboxylic acids is 1. The summed E-state index contributed by atoms with van der Waals surface area (Å²) in [6.07, 6.45) is 2.55. The topological polar surface area (TPSA) is 182 Å². The van der Waals surface area contributed by atoms with Gasteiger partial charge in [0.15, 0.2) is 11.4 Å². The zero-order chi connectivity index (χ0) is 25.4. The number of aromatic nitrogens is 1. The van der Waals surface area contributed by atoms with Gasteiger partial charge < -0.3 is 35.0 Å². The summed E-state index contributed by atoms with van der Waals surface area (Å²) in [5.41, 5.74) is -2.20. The zero-order valence-corrected chi connectivity index (χ0v) is 18.8. The molecule has 182 valence electrons. The SMILES string of the molecule is CN(C)c1cc(-c2cnoc2)c(O)c2c1C[C@H]1C[C@H]3CC(O)=C(C(=O)O)C(=O)[C@@]3(O)C(O)=C1C2=O. The highest BCUT2D eigenvalue weighted by molar-refractivity contribution is 6.23. The van der Waals surface area contributed by atoms with Gasteiger partial charge in [0.2, 0.25) is 5.78 Å². The molecule has 5 N–H and O–H groups in total. The summed E-state index contributed by atoms with van der Waals surface area (Å²) in [7, 11) is 3.54. The number of hydrogen-bond donors (Lipinski definition) is 5. The highest BCUT2D eigenvalue weighted by Crippen LogP contribution is 2.53. The lowest BCUT2D eigenvalue weighted by molar-refractivity contribution is -0.147. The van der Waals surface area contributed by atoms with Crippen LogP contribution in [0.3, 0.4) is 0 Å². The molecule has 0 amide bonds. The maximum absolute atomic E-state index is 13.7. The second-order valence-electron chi connectivity index (χ2n) is 9.30. The molecule has 0 fully saturated rings. The van der Waals surface area contributed by atoms with Crippen molar-refractivity contribution in [1.29, 1.82) is 0 Å². The van der Waals surface area contributed by atoms with E-state index in [-0.39, 0.29) is 41.7 Å². The first kappa shape index (κ1) is 22.7. The van der Waals surface area contributed by atoms with Gasteiger partial charge in [0.25, 0.3) is 0 Å². The molecule has 11 nitrogen and oxygen atoms in total. The van der Waals surface area contributed by atoms with Gasteiger partial charge in [0.05, 0.1) is 11.8 Å². The Morgan fingerprint density at radius 3 is 2.51 bits per heavy atom. The van der Waals surface area contributed by atoms with Gasteiger partial charge in [-0.1, -0.05) is 5.16 Å². The lowest BCUT2D eigenvalue weighted by atomic mass is 9.60. The number of Topliss-reactive ketones (excluding diaryl/α,β-unsaturated/α-hetero) is 2. The molecule has 0 saturated heterocycles. The third kappa shape index (κ3) is 2.94. The van der Waals surface area contributed by atoms with Gasteiger partial charge in [0, 0.05) is 48.8 Å². The number of aliphatic carboxylic acids is 1. The molecule has 35 heavy (non-hydrogen) atoms. The fraction of sp³-hybridized carbons (Fsp3) is 0.333. The number of aliphatic hydroxyl groups excluding tert-OH is 2. The number of benzene rings is 1. The van der Waals surface area contributed by atoms with Crippen LogP contribution < -0.4 is 4.90 Å². The largest absolute Gasteiger partial charge is 0.511 e. The molecule has 11 heteroatoms. The highest BCUT2D eigenvalue weighted by Gasteiger charge is 2.60. The predicted molar refractivity (Wildman–Crippen MR) is 119 cm³/mol. The molecule has 1 heterocycles. The average molecular weight is 482 g/mol. The van der Waals surface area contributed by atoms with Crippen LogP contribution in [0, 0.1) is 11.8 Å². The Morgan fingerprint density at radius 1 is 1.20 bits per heavy atom. The number of anilines is 1. The Labute approximate surface area is 198 Å². The number of carbonyl (C=O) groups excluding carboxylic acids is 2. The molecule has 2 aromatic rings. The van der Waals surface area contributed by atoms with Crippen LogP contribution in [0.5, 0.6) is 5.75 Å². The third-order valence-corrected chi connectivity index (χ3v) is 7.23. The van der Waals surface area contributed by atoms with E-state index in [1.807, 2.05) is 0 Å². The van der Waals surface area contributed by atoms with Crippen molar-refractivity contribution in [1.82, 2.24) is 5.16 Å². The van der Waals surface area contributed by atoms with Crippen molar-refractivity contribution >= 4 is 23.2 Å². The predicted octanol–water partition coefficient (Wildman–Crippen LogP) is 1.90. The van der Waals surface area contributed by atoms with Crippen molar-refractivity contribution < 1.29 is 44.4 Å². The van der Waals surface area contributed by atoms with Crippen LogP contribution in [0.1, 0.15) is 28.8 Å². The summed E-state index contributed by atoms with van der Waals surface area (Å²) < 4.78 is 4.87. The number of allylic oxidation sites excluding steroid dienone is 2. The number of phenols is 1. The number of rotatable bonds is 3. The molecule has 5 rings (SSSR count). The maximum Gasteiger partial charge on any atom is 0.342 e. The zero-order valence-electron chi connectivity index (χ0n) is 18.8. The Balaban J connectivity index is 1.73. The van der Waals surface area contributed by atoms with Crippen molar-refractivity contribution in [3.63, 3.8) is 0 Å². The third-order valence-electron chi connectivity index (χ3n) is 7.23. The molecule has 0 aliphatic heterocycles. The second-order valence-corrected chi connectivity index (χ2v) is 9.30. The summed E-state index contributed by atoms with van der Waals surface area (Å²) in [6.45, 7) is 0. The van der Waals surface area contributed by atoms with E-state index in [4.69, 9.17) is 4.52 Å². The van der Waals surface area contributed by atoms with Crippen LogP contribution in [0.4, 0.5) is 5.69 Å². The average Bonchev–Trinajstić information content (AvgIpc) is 3.30. The van der Waals surface area contributed by atoms with Gasteiger partial charge in [-0.25, -0.2) is 4.79 Å². The lowest BCUT2D eigenvalue weighted by Gasteiger charge is -2.45. The number of phenolic OH excluding ortho intramolecular Hbond substituents is 1. The van der Waals surface area contributed by atoms with Crippen LogP contribution in [0.2, 0.25) is 0 Å². The molecule has 0 saturated carbocycles. The summed E-state index contributed by atoms with van der Waals surface area (Å²) in [5.74, 6) is -7.55. The van der Waals surface area contributed by atoms with Gasteiger partial charge in [-0.3, -0.25) is 9.59 Å². The Hall–Kier alpha value is -4.12. The monoisotopic (exact) mass is 482 g/mol. The molecule has 1 aromatic carbocycles. The molecule has 3 atom stereocenters. The van der Waals surface area contributed by atoms with Gasteiger partial charge in [0.1, 0.15) is 29.1 Å². The molecule has 1 aromatic heterocycles. The number of carbonyl (C=O) groups is 3. The number of carboxylic acid groups (broad SMARTS) is 1. The lowest BCUT2D eigenvalue weighted by Crippen LogP contribution is -2.56. The van der Waals surface area contributed by atoms with E-state index in [1.165, 1.54) is 12.5 Å². The van der Waals surface area contributed by atoms with Gasteiger partial charge >= 0.3 is 5.97 Å². The molecule has 3 aliphatic rings. The van der Waals surface area contributed by atoms with E-state index in [0.29, 0.717) is 16.8 Å². The molecule has 0 spiro atoms. The number of aliphatic hydroxyl groups is 3. The Morgan fingerprint density at radius 2 is 1.91 bits per heavy atom. The fourth-order valence-corrected chi connectivity index (χ4v) is 5.59. The van der Waals surface area contributed by atoms with Gasteiger partial charge in [-0.2, -0.15) is 0 Å². The van der Waals surface area contributed by atoms with Crippen LogP contribution in [-0.4, -0.2) is 67.9 Å². The Kier molecular flexibility index (Phi) is 4.82. The van der Waals surface area contributed by atoms with Gasteiger partial charge in [-0.05, 0) is 30.4 Å². The van der Waals surface area contributed by atoms with E-state index in [9.17, 15) is 39.9 Å². The van der Waals surface area contributed by atoms with Crippen LogP contribution in [0.25, 0.3) is 11.1 Å². The fourth-order valence-electron chi connectivity index (χ4n) is 5.59. The summed E-state index contributed by atoms with van der Waals surface area (Å²) in [6, 6.07) is 1.69. The first-order valence-corrected chi connectivity index (χ1v) is 10.8. The highest BCUT2D eigenvalue weighted by atomic mass is 16.5. The quantitative estimate of drug-likeness (QED) is 0.403. The first-order chi connectivity index (χ1) is 16.5. The van der Waals surface area contributed by atoms with Crippen molar-refractivity contribution in [3.8, 4) is 16.9 Å². The van der Waals surface area contributed by atoms with Crippen LogP contribution in [0.15, 0.2) is 45.7 Å². The normalized spacial score (nSPS) is 25.8. The molecule has 0 unspecified atom stereocenters. The van der Waals surface area contributed by atoms with Crippen LogP contribution in [-0.2, 0) is 16.0 Å². The van der Waals surface area contributed by atoms with Crippen molar-refractivity contribution in [2.24, 2.45) is 11.8 Å². The van der Waals surface area contributed by atoms with E-state index < -0.39 is 52.1 Å². The first-order valence-electron chi connectivity index (χ1n) is 10.8. The Bertz CT molecular complexity index is 1370. The number of ketones is 2. The van der Waals surface area contributed by atoms with E-state index in [0.717, 1.165) is 0 Å². The van der Waals surface area contributed by atoms with Crippen molar-refractivity contribution in [2.45, 2.75) is 24.9 Å². The summed E-state index contributed by atoms with van der Waals surface area (Å²) in [5, 5.41) is 56.7. The molecular formula is C24H22N2O9.